The molecule has 12 heavy (non-hydrogen) atoms. The summed E-state index contributed by atoms with van der Waals surface area (Å²) in [6.45, 7) is 4.47. The Labute approximate surface area is 80.6 Å². The maximum atomic E-state index is 9.71. The molecule has 1 rings (SSSR count). The minimum Gasteiger partial charge on any atom is -0.393 e. The minimum atomic E-state index is -0.0813. The molecule has 0 aromatic rings. The molecule has 0 aromatic heterocycles. The molecule has 2 radical (unpaired) electrons. The lowest BCUT2D eigenvalue weighted by atomic mass is 9.90. The highest BCUT2D eigenvalue weighted by atomic mass is 32.2. The number of hydrogen-bond acceptors (Lipinski definition) is 2. The zero-order chi connectivity index (χ0) is 9.14. The Morgan fingerprint density at radius 2 is 2.17 bits per heavy atom. The van der Waals surface area contributed by atoms with E-state index in [-0.39, 0.29) is 6.10 Å². The molecule has 4 atom stereocenters. The van der Waals surface area contributed by atoms with E-state index in [2.05, 4.69) is 13.8 Å². The summed E-state index contributed by atoms with van der Waals surface area (Å²) < 4.78 is 0. The molecule has 1 aliphatic rings. The SMILES string of the molecule is [B]SCCC1C(O)CC(C)C1C. The lowest BCUT2D eigenvalue weighted by Gasteiger charge is -2.19. The summed E-state index contributed by atoms with van der Waals surface area (Å²) >= 11 is 1.38. The van der Waals surface area contributed by atoms with Crippen molar-refractivity contribution in [1.29, 1.82) is 0 Å². The highest BCUT2D eigenvalue weighted by molar-refractivity contribution is 8.19. The lowest BCUT2D eigenvalue weighted by Crippen LogP contribution is -2.18. The molecule has 0 aromatic carbocycles. The Morgan fingerprint density at radius 1 is 1.50 bits per heavy atom. The average molecular weight is 184 g/mol. The molecule has 68 valence electrons. The third-order valence-corrected chi connectivity index (χ3v) is 3.72. The van der Waals surface area contributed by atoms with Crippen LogP contribution in [-0.2, 0) is 0 Å². The van der Waals surface area contributed by atoms with E-state index < -0.39 is 0 Å². The largest absolute Gasteiger partial charge is 0.393 e. The normalized spacial score (nSPS) is 41.9. The van der Waals surface area contributed by atoms with Gasteiger partial charge >= 0.3 is 0 Å². The molecule has 1 saturated carbocycles. The van der Waals surface area contributed by atoms with Gasteiger partial charge in [-0.15, -0.1) is 0 Å². The van der Waals surface area contributed by atoms with E-state index >= 15 is 0 Å². The highest BCUT2D eigenvalue weighted by Gasteiger charge is 2.36. The molecule has 4 unspecified atom stereocenters. The van der Waals surface area contributed by atoms with Crippen molar-refractivity contribution in [2.75, 3.05) is 5.75 Å². The molecule has 1 fully saturated rings. The van der Waals surface area contributed by atoms with Gasteiger partial charge in [-0.05, 0) is 36.3 Å². The second-order valence-corrected chi connectivity index (χ2v) is 4.70. The quantitative estimate of drug-likeness (QED) is 0.675. The van der Waals surface area contributed by atoms with Gasteiger partial charge in [-0.3, -0.25) is 0 Å². The molecule has 0 bridgehead atoms. The zero-order valence-electron chi connectivity index (χ0n) is 7.86. The molecule has 1 N–H and O–H groups in total. The van der Waals surface area contributed by atoms with Crippen LogP contribution < -0.4 is 0 Å². The van der Waals surface area contributed by atoms with Crippen molar-refractivity contribution in [2.45, 2.75) is 32.8 Å². The standard InChI is InChI=1S/C9H17BOS/c1-6-5-9(11)8(7(6)2)3-4-12-10/h6-9,11H,3-5H2,1-2H3. The van der Waals surface area contributed by atoms with Crippen molar-refractivity contribution in [3.05, 3.63) is 0 Å². The summed E-state index contributed by atoms with van der Waals surface area (Å²) in [6, 6.07) is 0. The molecule has 0 saturated heterocycles. The smallest absolute Gasteiger partial charge is 0.161 e. The van der Waals surface area contributed by atoms with E-state index in [1.807, 2.05) is 0 Å². The van der Waals surface area contributed by atoms with E-state index in [1.54, 1.807) is 0 Å². The maximum Gasteiger partial charge on any atom is 0.161 e. The van der Waals surface area contributed by atoms with E-state index in [4.69, 9.17) is 7.12 Å². The number of hydrogen-bond donors (Lipinski definition) is 1. The predicted molar refractivity (Wildman–Crippen MR) is 55.3 cm³/mol. The first kappa shape index (κ1) is 10.5. The molecule has 0 spiro atoms. The van der Waals surface area contributed by atoms with Gasteiger partial charge in [0.15, 0.2) is 7.12 Å². The van der Waals surface area contributed by atoms with Gasteiger partial charge in [0.25, 0.3) is 0 Å². The van der Waals surface area contributed by atoms with Crippen molar-refractivity contribution in [1.82, 2.24) is 0 Å². The number of aliphatic hydroxyl groups excluding tert-OH is 1. The van der Waals surface area contributed by atoms with Crippen LogP contribution in [0.5, 0.6) is 0 Å². The van der Waals surface area contributed by atoms with Crippen molar-refractivity contribution in [3.63, 3.8) is 0 Å². The van der Waals surface area contributed by atoms with Crippen LogP contribution in [-0.4, -0.2) is 24.1 Å². The summed E-state index contributed by atoms with van der Waals surface area (Å²) in [5.41, 5.74) is 0. The zero-order valence-corrected chi connectivity index (χ0v) is 8.68. The average Bonchev–Trinajstić information content (AvgIpc) is 2.25. The first-order chi connectivity index (χ1) is 5.66. The van der Waals surface area contributed by atoms with Crippen LogP contribution in [0, 0.1) is 17.8 Å². The van der Waals surface area contributed by atoms with Crippen LogP contribution >= 0.6 is 11.6 Å². The van der Waals surface area contributed by atoms with Crippen LogP contribution in [0.1, 0.15) is 26.7 Å². The molecular weight excluding hydrogens is 167 g/mol. The highest BCUT2D eigenvalue weighted by Crippen LogP contribution is 2.38. The Kier molecular flexibility index (Phi) is 3.98. The van der Waals surface area contributed by atoms with E-state index in [0.717, 1.165) is 18.6 Å². The molecule has 1 aliphatic carbocycles. The van der Waals surface area contributed by atoms with Gasteiger partial charge in [-0.1, -0.05) is 13.8 Å². The Bertz CT molecular complexity index is 142. The number of rotatable bonds is 3. The van der Waals surface area contributed by atoms with Gasteiger partial charge < -0.3 is 5.11 Å². The Balaban J connectivity index is 2.40. The van der Waals surface area contributed by atoms with Crippen molar-refractivity contribution in [2.24, 2.45) is 17.8 Å². The Morgan fingerprint density at radius 3 is 2.58 bits per heavy atom. The third kappa shape index (κ3) is 2.20. The van der Waals surface area contributed by atoms with E-state index in [0.29, 0.717) is 17.8 Å². The van der Waals surface area contributed by atoms with Gasteiger partial charge in [-0.2, -0.15) is 0 Å². The summed E-state index contributed by atoms with van der Waals surface area (Å²) in [4.78, 5) is 0. The maximum absolute atomic E-state index is 9.71. The van der Waals surface area contributed by atoms with Crippen LogP contribution in [0.3, 0.4) is 0 Å². The predicted octanol–water partition coefficient (Wildman–Crippen LogP) is 1.85. The summed E-state index contributed by atoms with van der Waals surface area (Å²) in [7, 11) is 5.37. The summed E-state index contributed by atoms with van der Waals surface area (Å²) in [5, 5.41) is 9.71. The molecule has 0 heterocycles. The summed E-state index contributed by atoms with van der Waals surface area (Å²) in [5.74, 6) is 2.79. The van der Waals surface area contributed by atoms with E-state index in [9.17, 15) is 5.11 Å². The van der Waals surface area contributed by atoms with Crippen LogP contribution in [0.4, 0.5) is 0 Å². The second kappa shape index (κ2) is 4.57. The first-order valence-corrected chi connectivity index (χ1v) is 5.71. The number of aliphatic hydroxyl groups is 1. The topological polar surface area (TPSA) is 20.2 Å². The van der Waals surface area contributed by atoms with Crippen LogP contribution in [0.2, 0.25) is 0 Å². The Hall–Kier alpha value is 0.375. The third-order valence-electron chi connectivity index (χ3n) is 3.25. The monoisotopic (exact) mass is 184 g/mol. The van der Waals surface area contributed by atoms with Crippen molar-refractivity contribution in [3.8, 4) is 0 Å². The fourth-order valence-electron chi connectivity index (χ4n) is 2.20. The fourth-order valence-corrected chi connectivity index (χ4v) is 2.61. The molecule has 0 amide bonds. The lowest BCUT2D eigenvalue weighted by molar-refractivity contribution is 0.118. The van der Waals surface area contributed by atoms with Crippen molar-refractivity contribution < 1.29 is 5.11 Å². The first-order valence-electron chi connectivity index (χ1n) is 4.66. The fraction of sp³-hybridized carbons (Fsp3) is 1.00. The summed E-state index contributed by atoms with van der Waals surface area (Å²) in [6.07, 6.45) is 1.96. The molecule has 3 heteroatoms. The van der Waals surface area contributed by atoms with Gasteiger partial charge in [0.05, 0.1) is 6.10 Å². The van der Waals surface area contributed by atoms with Gasteiger partial charge in [0, 0.05) is 0 Å². The van der Waals surface area contributed by atoms with Crippen molar-refractivity contribution >= 4 is 18.7 Å². The molecule has 0 aliphatic heterocycles. The van der Waals surface area contributed by atoms with Crippen LogP contribution in [0.15, 0.2) is 0 Å². The van der Waals surface area contributed by atoms with E-state index in [1.165, 1.54) is 11.6 Å². The molecule has 1 nitrogen and oxygen atoms in total. The molecular formula is C9H17BOS. The van der Waals surface area contributed by atoms with Gasteiger partial charge in [-0.25, -0.2) is 11.6 Å². The van der Waals surface area contributed by atoms with Crippen LogP contribution in [0.25, 0.3) is 0 Å². The van der Waals surface area contributed by atoms with Gasteiger partial charge in [0.2, 0.25) is 0 Å². The van der Waals surface area contributed by atoms with Gasteiger partial charge in [0.1, 0.15) is 0 Å². The minimum absolute atomic E-state index is 0.0813. The second-order valence-electron chi connectivity index (χ2n) is 3.96.